The van der Waals surface area contributed by atoms with Crippen molar-refractivity contribution in [2.75, 3.05) is 6.54 Å². The summed E-state index contributed by atoms with van der Waals surface area (Å²) >= 11 is 0. The quantitative estimate of drug-likeness (QED) is 0.725. The van der Waals surface area contributed by atoms with Gasteiger partial charge in [0.1, 0.15) is 12.6 Å². The number of carbonyl (C=O) groups excluding carboxylic acids is 1. The summed E-state index contributed by atoms with van der Waals surface area (Å²) in [4.78, 5) is 11.6. The van der Waals surface area contributed by atoms with Gasteiger partial charge in [-0.05, 0) is 12.0 Å². The van der Waals surface area contributed by atoms with E-state index in [-0.39, 0.29) is 18.1 Å². The SMILES string of the molecule is N[C@H]1CN[C@H](C(=O)OCc2ccccc2)C1. The molecule has 1 heterocycles. The number of esters is 1. The van der Waals surface area contributed by atoms with Crippen molar-refractivity contribution in [3.8, 4) is 0 Å². The van der Waals surface area contributed by atoms with E-state index in [0.29, 0.717) is 19.6 Å². The van der Waals surface area contributed by atoms with Crippen LogP contribution >= 0.6 is 0 Å². The van der Waals surface area contributed by atoms with Crippen LogP contribution in [0.1, 0.15) is 12.0 Å². The van der Waals surface area contributed by atoms with E-state index in [1.807, 2.05) is 30.3 Å². The fourth-order valence-corrected chi connectivity index (χ4v) is 1.77. The monoisotopic (exact) mass is 220 g/mol. The van der Waals surface area contributed by atoms with E-state index in [0.717, 1.165) is 5.56 Å². The molecule has 3 N–H and O–H groups in total. The van der Waals surface area contributed by atoms with Gasteiger partial charge >= 0.3 is 5.97 Å². The van der Waals surface area contributed by atoms with Gasteiger partial charge in [-0.2, -0.15) is 0 Å². The van der Waals surface area contributed by atoms with Gasteiger partial charge in [0.2, 0.25) is 0 Å². The molecule has 2 rings (SSSR count). The second kappa shape index (κ2) is 5.09. The number of hydrogen-bond acceptors (Lipinski definition) is 4. The number of benzene rings is 1. The van der Waals surface area contributed by atoms with Gasteiger partial charge in [-0.3, -0.25) is 4.79 Å². The number of nitrogens with two attached hydrogens (primary N) is 1. The summed E-state index contributed by atoms with van der Waals surface area (Å²) in [6, 6.07) is 9.47. The van der Waals surface area contributed by atoms with E-state index in [4.69, 9.17) is 10.5 Å². The Balaban J connectivity index is 1.80. The second-order valence-corrected chi connectivity index (χ2v) is 4.05. The Labute approximate surface area is 94.8 Å². The normalized spacial score (nSPS) is 24.3. The third-order valence-electron chi connectivity index (χ3n) is 2.67. The Kier molecular flexibility index (Phi) is 3.54. The number of rotatable bonds is 3. The second-order valence-electron chi connectivity index (χ2n) is 4.05. The van der Waals surface area contributed by atoms with Gasteiger partial charge in [0, 0.05) is 12.6 Å². The lowest BCUT2D eigenvalue weighted by Crippen LogP contribution is -2.32. The summed E-state index contributed by atoms with van der Waals surface area (Å²) in [6.45, 7) is 1.01. The minimum atomic E-state index is -0.237. The van der Waals surface area contributed by atoms with Gasteiger partial charge in [-0.25, -0.2) is 0 Å². The summed E-state index contributed by atoms with van der Waals surface area (Å²) in [7, 11) is 0. The molecule has 0 aliphatic carbocycles. The molecule has 86 valence electrons. The zero-order chi connectivity index (χ0) is 11.4. The van der Waals surface area contributed by atoms with Gasteiger partial charge in [0.05, 0.1) is 0 Å². The first-order valence-electron chi connectivity index (χ1n) is 5.45. The molecule has 16 heavy (non-hydrogen) atoms. The van der Waals surface area contributed by atoms with E-state index in [2.05, 4.69) is 5.32 Å². The van der Waals surface area contributed by atoms with Crippen molar-refractivity contribution in [3.05, 3.63) is 35.9 Å². The minimum absolute atomic E-state index is 0.0641. The average Bonchev–Trinajstić information content (AvgIpc) is 2.74. The third-order valence-corrected chi connectivity index (χ3v) is 2.67. The molecular weight excluding hydrogens is 204 g/mol. The lowest BCUT2D eigenvalue weighted by Gasteiger charge is -2.10. The molecule has 4 heteroatoms. The van der Waals surface area contributed by atoms with E-state index in [9.17, 15) is 4.79 Å². The van der Waals surface area contributed by atoms with Crippen molar-refractivity contribution >= 4 is 5.97 Å². The van der Waals surface area contributed by atoms with Gasteiger partial charge in [-0.1, -0.05) is 30.3 Å². The molecule has 0 bridgehead atoms. The Morgan fingerprint density at radius 2 is 2.19 bits per heavy atom. The zero-order valence-corrected chi connectivity index (χ0v) is 9.06. The maximum atomic E-state index is 11.6. The predicted octanol–water partition coefficient (Wildman–Crippen LogP) is 0.419. The van der Waals surface area contributed by atoms with Crippen LogP contribution in [0.4, 0.5) is 0 Å². The van der Waals surface area contributed by atoms with Crippen LogP contribution in [0, 0.1) is 0 Å². The van der Waals surface area contributed by atoms with Crippen molar-refractivity contribution in [1.29, 1.82) is 0 Å². The summed E-state index contributed by atoms with van der Waals surface area (Å²) < 4.78 is 5.20. The molecular formula is C12H16N2O2. The largest absolute Gasteiger partial charge is 0.460 e. The van der Waals surface area contributed by atoms with Crippen LogP contribution < -0.4 is 11.1 Å². The predicted molar refractivity (Wildman–Crippen MR) is 60.6 cm³/mol. The zero-order valence-electron chi connectivity index (χ0n) is 9.06. The van der Waals surface area contributed by atoms with E-state index >= 15 is 0 Å². The Bertz CT molecular complexity index is 353. The standard InChI is InChI=1S/C12H16N2O2/c13-10-6-11(14-7-10)12(15)16-8-9-4-2-1-3-5-9/h1-5,10-11,14H,6-8,13H2/t10-,11+/m1/s1. The molecule has 0 radical (unpaired) electrons. The number of nitrogens with one attached hydrogen (secondary N) is 1. The summed E-state index contributed by atoms with van der Waals surface area (Å²) in [5.74, 6) is -0.211. The summed E-state index contributed by atoms with van der Waals surface area (Å²) in [5, 5.41) is 3.04. The number of ether oxygens (including phenoxy) is 1. The van der Waals surface area contributed by atoms with Gasteiger partial charge < -0.3 is 15.8 Å². The van der Waals surface area contributed by atoms with Crippen molar-refractivity contribution in [3.63, 3.8) is 0 Å². The van der Waals surface area contributed by atoms with E-state index < -0.39 is 0 Å². The molecule has 1 aromatic carbocycles. The van der Waals surface area contributed by atoms with Gasteiger partial charge in [0.25, 0.3) is 0 Å². The van der Waals surface area contributed by atoms with Crippen molar-refractivity contribution in [1.82, 2.24) is 5.32 Å². The average molecular weight is 220 g/mol. The van der Waals surface area contributed by atoms with E-state index in [1.54, 1.807) is 0 Å². The molecule has 4 nitrogen and oxygen atoms in total. The highest BCUT2D eigenvalue weighted by Crippen LogP contribution is 2.08. The molecule has 1 aliphatic heterocycles. The Morgan fingerprint density at radius 1 is 1.44 bits per heavy atom. The maximum absolute atomic E-state index is 11.6. The maximum Gasteiger partial charge on any atom is 0.323 e. The highest BCUT2D eigenvalue weighted by Gasteiger charge is 2.28. The molecule has 1 aromatic rings. The van der Waals surface area contributed by atoms with Gasteiger partial charge in [0.15, 0.2) is 0 Å². The molecule has 0 spiro atoms. The summed E-state index contributed by atoms with van der Waals surface area (Å²) in [5.41, 5.74) is 6.70. The topological polar surface area (TPSA) is 64.3 Å². The lowest BCUT2D eigenvalue weighted by molar-refractivity contribution is -0.147. The van der Waals surface area contributed by atoms with E-state index in [1.165, 1.54) is 0 Å². The highest BCUT2D eigenvalue weighted by atomic mass is 16.5. The minimum Gasteiger partial charge on any atom is -0.460 e. The van der Waals surface area contributed by atoms with Crippen LogP contribution in [0.3, 0.4) is 0 Å². The van der Waals surface area contributed by atoms with Crippen molar-refractivity contribution < 1.29 is 9.53 Å². The first-order chi connectivity index (χ1) is 7.75. The fourth-order valence-electron chi connectivity index (χ4n) is 1.77. The van der Waals surface area contributed by atoms with Crippen LogP contribution in [0.2, 0.25) is 0 Å². The van der Waals surface area contributed by atoms with Crippen LogP contribution in [0.15, 0.2) is 30.3 Å². The molecule has 0 saturated carbocycles. The summed E-state index contributed by atoms with van der Waals surface area (Å²) in [6.07, 6.45) is 0.660. The number of carbonyl (C=O) groups is 1. The Morgan fingerprint density at radius 3 is 2.81 bits per heavy atom. The Hall–Kier alpha value is -1.39. The van der Waals surface area contributed by atoms with Crippen molar-refractivity contribution in [2.45, 2.75) is 25.1 Å². The molecule has 1 saturated heterocycles. The lowest BCUT2D eigenvalue weighted by atomic mass is 10.2. The first kappa shape index (κ1) is 11.1. The van der Waals surface area contributed by atoms with Crippen molar-refractivity contribution in [2.24, 2.45) is 5.73 Å². The molecule has 2 atom stereocenters. The first-order valence-corrected chi connectivity index (χ1v) is 5.45. The fraction of sp³-hybridized carbons (Fsp3) is 0.417. The third kappa shape index (κ3) is 2.81. The number of hydrogen-bond donors (Lipinski definition) is 2. The van der Waals surface area contributed by atoms with Crippen LogP contribution in [-0.4, -0.2) is 24.6 Å². The molecule has 1 fully saturated rings. The van der Waals surface area contributed by atoms with Gasteiger partial charge in [-0.15, -0.1) is 0 Å². The molecule has 1 aliphatic rings. The van der Waals surface area contributed by atoms with Crippen LogP contribution in [0.5, 0.6) is 0 Å². The molecule has 0 amide bonds. The molecule has 0 unspecified atom stereocenters. The van der Waals surface area contributed by atoms with Crippen LogP contribution in [-0.2, 0) is 16.1 Å². The smallest absolute Gasteiger partial charge is 0.323 e. The highest BCUT2D eigenvalue weighted by molar-refractivity contribution is 5.76. The van der Waals surface area contributed by atoms with Crippen LogP contribution in [0.25, 0.3) is 0 Å². The molecule has 0 aromatic heterocycles.